The van der Waals surface area contributed by atoms with Gasteiger partial charge in [-0.3, -0.25) is 14.6 Å². The van der Waals surface area contributed by atoms with Gasteiger partial charge in [0.1, 0.15) is 0 Å². The van der Waals surface area contributed by atoms with Crippen LogP contribution in [0.4, 0.5) is 0 Å². The highest BCUT2D eigenvalue weighted by Gasteiger charge is 2.18. The molecule has 0 radical (unpaired) electrons. The Morgan fingerprint density at radius 3 is 2.30 bits per heavy atom. The van der Waals surface area contributed by atoms with E-state index in [-0.39, 0.29) is 5.78 Å². The van der Waals surface area contributed by atoms with Gasteiger partial charge in [0.25, 0.3) is 0 Å². The Morgan fingerprint density at radius 2 is 1.52 bits per heavy atom. The lowest BCUT2D eigenvalue weighted by Crippen LogP contribution is -2.34. The lowest BCUT2D eigenvalue weighted by atomic mass is 9.98. The molecule has 2 aromatic rings. The molecule has 3 nitrogen and oxygen atoms in total. The summed E-state index contributed by atoms with van der Waals surface area (Å²) in [5, 5.41) is 0. The highest BCUT2D eigenvalue weighted by atomic mass is 16.1. The molecule has 2 aliphatic rings. The predicted molar refractivity (Wildman–Crippen MR) is 110 cm³/mol. The second-order valence-corrected chi connectivity index (χ2v) is 8.01. The van der Waals surface area contributed by atoms with Crippen molar-refractivity contribution in [2.45, 2.75) is 38.6 Å². The van der Waals surface area contributed by atoms with Crippen molar-refractivity contribution in [2.75, 3.05) is 32.7 Å². The number of carbonyl (C=O) groups excluding carboxylic acids is 1. The minimum Gasteiger partial charge on any atom is -0.298 e. The number of rotatable bonds is 5. The Labute approximate surface area is 163 Å². The number of piperidine rings is 1. The lowest BCUT2D eigenvalue weighted by molar-refractivity contribution is 0.0915. The van der Waals surface area contributed by atoms with Crippen LogP contribution in [0.15, 0.2) is 48.5 Å². The maximum Gasteiger partial charge on any atom is 0.176 e. The van der Waals surface area contributed by atoms with Crippen LogP contribution in [0.2, 0.25) is 0 Å². The molecule has 27 heavy (non-hydrogen) atoms. The first-order valence-electron chi connectivity index (χ1n) is 10.4. The molecule has 1 fully saturated rings. The molecule has 2 aliphatic heterocycles. The number of fused-ring (bicyclic) bond motifs is 1. The molecule has 0 N–H and O–H groups in total. The third-order valence-corrected chi connectivity index (χ3v) is 5.99. The number of Topliss-reactive ketones (excluding diaryl/α,β-unsaturated/α-hetero) is 1. The fourth-order valence-electron chi connectivity index (χ4n) is 4.36. The van der Waals surface area contributed by atoms with Crippen molar-refractivity contribution in [3.05, 3.63) is 70.8 Å². The molecule has 0 atom stereocenters. The zero-order chi connectivity index (χ0) is 18.5. The average molecular weight is 363 g/mol. The highest BCUT2D eigenvalue weighted by molar-refractivity contribution is 5.97. The van der Waals surface area contributed by atoms with E-state index in [0.29, 0.717) is 6.54 Å². The van der Waals surface area contributed by atoms with E-state index < -0.39 is 0 Å². The molecular formula is C24H30N2O. The zero-order valence-corrected chi connectivity index (χ0v) is 16.2. The zero-order valence-electron chi connectivity index (χ0n) is 16.2. The summed E-state index contributed by atoms with van der Waals surface area (Å²) in [7, 11) is 0. The monoisotopic (exact) mass is 362 g/mol. The molecular weight excluding hydrogens is 332 g/mol. The molecule has 0 spiro atoms. The van der Waals surface area contributed by atoms with Crippen molar-refractivity contribution >= 4 is 5.78 Å². The van der Waals surface area contributed by atoms with Crippen LogP contribution in [-0.4, -0.2) is 48.3 Å². The van der Waals surface area contributed by atoms with E-state index in [1.54, 1.807) is 0 Å². The van der Waals surface area contributed by atoms with E-state index in [4.69, 9.17) is 0 Å². The van der Waals surface area contributed by atoms with Crippen LogP contribution in [0, 0.1) is 0 Å². The van der Waals surface area contributed by atoms with E-state index in [2.05, 4.69) is 58.3 Å². The van der Waals surface area contributed by atoms with Crippen LogP contribution < -0.4 is 0 Å². The average Bonchev–Trinajstić information content (AvgIpc) is 2.91. The van der Waals surface area contributed by atoms with E-state index in [9.17, 15) is 4.79 Å². The van der Waals surface area contributed by atoms with Gasteiger partial charge in [0.15, 0.2) is 5.78 Å². The van der Waals surface area contributed by atoms with Crippen LogP contribution >= 0.6 is 0 Å². The largest absolute Gasteiger partial charge is 0.298 e. The molecule has 0 bridgehead atoms. The lowest BCUT2D eigenvalue weighted by Gasteiger charge is -2.25. The molecule has 1 saturated heterocycles. The molecule has 142 valence electrons. The van der Waals surface area contributed by atoms with Gasteiger partial charge in [0.05, 0.1) is 6.54 Å². The molecule has 4 rings (SSSR count). The summed E-state index contributed by atoms with van der Waals surface area (Å²) in [5.74, 6) is 0.282. The van der Waals surface area contributed by atoms with Gasteiger partial charge in [-0.25, -0.2) is 0 Å². The van der Waals surface area contributed by atoms with Crippen LogP contribution in [0.25, 0.3) is 0 Å². The minimum atomic E-state index is 0.282. The number of hydrogen-bond acceptors (Lipinski definition) is 3. The molecule has 0 saturated carbocycles. The van der Waals surface area contributed by atoms with Crippen molar-refractivity contribution < 1.29 is 4.79 Å². The summed E-state index contributed by atoms with van der Waals surface area (Å²) in [4.78, 5) is 17.6. The maximum atomic E-state index is 12.7. The Bertz CT molecular complexity index is 765. The Kier molecular flexibility index (Phi) is 6.00. The van der Waals surface area contributed by atoms with E-state index >= 15 is 0 Å². The first kappa shape index (κ1) is 18.4. The highest BCUT2D eigenvalue weighted by Crippen LogP contribution is 2.20. The van der Waals surface area contributed by atoms with Crippen LogP contribution in [0.1, 0.15) is 46.3 Å². The van der Waals surface area contributed by atoms with Gasteiger partial charge in [-0.2, -0.15) is 0 Å². The fourth-order valence-corrected chi connectivity index (χ4v) is 4.36. The molecule has 0 aliphatic carbocycles. The van der Waals surface area contributed by atoms with Crippen molar-refractivity contribution in [1.29, 1.82) is 0 Å². The topological polar surface area (TPSA) is 23.6 Å². The maximum absolute atomic E-state index is 12.7. The molecule has 0 unspecified atom stereocenters. The molecule has 2 heterocycles. The van der Waals surface area contributed by atoms with Gasteiger partial charge < -0.3 is 0 Å². The third kappa shape index (κ3) is 4.85. The van der Waals surface area contributed by atoms with Gasteiger partial charge in [-0.05, 0) is 61.5 Å². The Hall–Kier alpha value is -1.97. The van der Waals surface area contributed by atoms with Crippen LogP contribution in [-0.2, 0) is 19.4 Å². The second-order valence-electron chi connectivity index (χ2n) is 8.01. The second kappa shape index (κ2) is 8.81. The number of hydrogen-bond donors (Lipinski definition) is 0. The van der Waals surface area contributed by atoms with Gasteiger partial charge in [0.2, 0.25) is 0 Å². The first-order chi connectivity index (χ1) is 13.3. The molecule has 3 heteroatoms. The normalized spacial score (nSPS) is 18.7. The van der Waals surface area contributed by atoms with Crippen LogP contribution in [0.3, 0.4) is 0 Å². The summed E-state index contributed by atoms with van der Waals surface area (Å²) >= 11 is 0. The Balaban J connectivity index is 1.39. The first-order valence-corrected chi connectivity index (χ1v) is 10.4. The van der Waals surface area contributed by atoms with Gasteiger partial charge in [-0.1, -0.05) is 48.9 Å². The van der Waals surface area contributed by atoms with Gasteiger partial charge >= 0.3 is 0 Å². The fraction of sp³-hybridized carbons (Fsp3) is 0.458. The quantitative estimate of drug-likeness (QED) is 0.753. The third-order valence-electron chi connectivity index (χ3n) is 5.99. The Morgan fingerprint density at radius 1 is 0.778 bits per heavy atom. The minimum absolute atomic E-state index is 0.282. The summed E-state index contributed by atoms with van der Waals surface area (Å²) in [6.45, 7) is 5.89. The van der Waals surface area contributed by atoms with Crippen molar-refractivity contribution in [2.24, 2.45) is 0 Å². The number of likely N-dealkylation sites (tertiary alicyclic amines) is 1. The van der Waals surface area contributed by atoms with Crippen molar-refractivity contribution in [3.8, 4) is 0 Å². The summed E-state index contributed by atoms with van der Waals surface area (Å²) in [6, 6.07) is 17.1. The van der Waals surface area contributed by atoms with Crippen LogP contribution in [0.5, 0.6) is 0 Å². The molecule has 2 aromatic carbocycles. The van der Waals surface area contributed by atoms with E-state index in [1.807, 2.05) is 0 Å². The number of carbonyl (C=O) groups is 1. The number of benzene rings is 2. The summed E-state index contributed by atoms with van der Waals surface area (Å²) in [5.41, 5.74) is 5.06. The standard InChI is InChI=1S/C24H30N2O/c27-24(19-25-13-5-2-6-14-25)23-10-9-21-11-15-26(16-12-22(21)17-23)18-20-7-3-1-4-8-20/h1,3-4,7-10,17H,2,5-6,11-16,18-19H2. The summed E-state index contributed by atoms with van der Waals surface area (Å²) < 4.78 is 0. The number of ketones is 1. The predicted octanol–water partition coefficient (Wildman–Crippen LogP) is 3.96. The summed E-state index contributed by atoms with van der Waals surface area (Å²) in [6.07, 6.45) is 5.88. The van der Waals surface area contributed by atoms with Crippen molar-refractivity contribution in [1.82, 2.24) is 9.80 Å². The van der Waals surface area contributed by atoms with Crippen molar-refractivity contribution in [3.63, 3.8) is 0 Å². The number of nitrogens with zero attached hydrogens (tertiary/aromatic N) is 2. The van der Waals surface area contributed by atoms with Gasteiger partial charge in [-0.15, -0.1) is 0 Å². The van der Waals surface area contributed by atoms with Gasteiger partial charge in [0, 0.05) is 25.2 Å². The SMILES string of the molecule is O=C(CN1CCCCC1)c1ccc2c(c1)CCN(Cc1ccccc1)CC2. The van der Waals surface area contributed by atoms with E-state index in [1.165, 1.54) is 36.0 Å². The molecule has 0 amide bonds. The van der Waals surface area contributed by atoms with E-state index in [0.717, 1.165) is 51.1 Å². The molecule has 0 aromatic heterocycles. The smallest absolute Gasteiger partial charge is 0.176 e.